The molecule has 0 spiro atoms. The summed E-state index contributed by atoms with van der Waals surface area (Å²) in [6.07, 6.45) is 0.782. The number of rotatable bonds is 5. The quantitative estimate of drug-likeness (QED) is 0.548. The highest BCUT2D eigenvalue weighted by Gasteiger charge is 2.35. The van der Waals surface area contributed by atoms with E-state index < -0.39 is 11.1 Å². The molecule has 1 aliphatic rings. The maximum Gasteiger partial charge on any atom is 0.410 e. The second-order valence-electron chi connectivity index (χ2n) is 10.1. The number of ether oxygens (including phenoxy) is 1. The van der Waals surface area contributed by atoms with Gasteiger partial charge in [-0.3, -0.25) is 9.59 Å². The Balaban J connectivity index is 1.57. The number of phenolic OH excluding ortho intramolecular Hbond substituents is 1. The number of benzene rings is 2. The topological polar surface area (TPSA) is 108 Å². The molecule has 0 saturated carbocycles. The molecule has 0 radical (unpaired) electrons. The Labute approximate surface area is 210 Å². The Morgan fingerprint density at radius 1 is 1.11 bits per heavy atom. The molecule has 2 aromatic rings. The van der Waals surface area contributed by atoms with Crippen LogP contribution in [0.2, 0.25) is 5.02 Å². The fourth-order valence-electron chi connectivity index (χ4n) is 3.79. The Morgan fingerprint density at radius 2 is 1.80 bits per heavy atom. The largest absolute Gasteiger partial charge is 0.508 e. The number of nitrogens with one attached hydrogen (secondary N) is 2. The van der Waals surface area contributed by atoms with Crippen molar-refractivity contribution in [3.05, 3.63) is 58.6 Å². The third kappa shape index (κ3) is 7.62. The summed E-state index contributed by atoms with van der Waals surface area (Å²) in [6, 6.07) is 11.2. The molecule has 0 bridgehead atoms. The lowest BCUT2D eigenvalue weighted by molar-refractivity contribution is -0.115. The van der Waals surface area contributed by atoms with Gasteiger partial charge in [-0.15, -0.1) is 0 Å². The van der Waals surface area contributed by atoms with Crippen LogP contribution in [0.5, 0.6) is 5.75 Å². The van der Waals surface area contributed by atoms with Gasteiger partial charge in [-0.05, 0) is 76.9 Å². The molecule has 9 heteroatoms. The number of piperidine rings is 1. The summed E-state index contributed by atoms with van der Waals surface area (Å²) in [5, 5.41) is 16.2. The van der Waals surface area contributed by atoms with E-state index in [0.29, 0.717) is 47.8 Å². The first-order valence-electron chi connectivity index (χ1n) is 11.5. The Hall–Kier alpha value is -3.26. The van der Waals surface area contributed by atoms with Crippen LogP contribution in [-0.4, -0.2) is 52.1 Å². The minimum atomic E-state index is -0.555. The molecule has 0 atom stereocenters. The molecule has 1 fully saturated rings. The van der Waals surface area contributed by atoms with Crippen molar-refractivity contribution < 1.29 is 24.2 Å². The second-order valence-corrected chi connectivity index (χ2v) is 10.5. The Kier molecular flexibility index (Phi) is 7.95. The van der Waals surface area contributed by atoms with Crippen LogP contribution in [0.25, 0.3) is 0 Å². The molecule has 0 aromatic heterocycles. The van der Waals surface area contributed by atoms with Gasteiger partial charge in [0.05, 0.1) is 6.42 Å². The van der Waals surface area contributed by atoms with Crippen LogP contribution in [0.15, 0.2) is 42.5 Å². The second kappa shape index (κ2) is 10.6. The zero-order chi connectivity index (χ0) is 25.8. The molecule has 1 aliphatic heterocycles. The highest BCUT2D eigenvalue weighted by Crippen LogP contribution is 2.25. The van der Waals surface area contributed by atoms with Crippen LogP contribution >= 0.6 is 11.6 Å². The minimum absolute atomic E-state index is 0.0105. The standard InChI is InChI=1S/C26H32ClN3O5/c1-25(2,3)35-24(34)30-12-10-26(4,11-13-30)29-23(33)17-6-5-7-20(15-17)28-22(32)16-18-14-19(27)8-9-21(18)31/h5-9,14-15,31H,10-13,16H2,1-4H3,(H,28,32)(H,29,33). The third-order valence-electron chi connectivity index (χ3n) is 5.74. The smallest absolute Gasteiger partial charge is 0.410 e. The maximum atomic E-state index is 13.0. The summed E-state index contributed by atoms with van der Waals surface area (Å²) in [5.41, 5.74) is 0.257. The van der Waals surface area contributed by atoms with Crippen LogP contribution < -0.4 is 10.6 Å². The highest BCUT2D eigenvalue weighted by molar-refractivity contribution is 6.30. The Bertz CT molecular complexity index is 1100. The lowest BCUT2D eigenvalue weighted by atomic mass is 9.89. The van der Waals surface area contributed by atoms with E-state index >= 15 is 0 Å². The molecule has 3 N–H and O–H groups in total. The molecule has 8 nitrogen and oxygen atoms in total. The molecular formula is C26H32ClN3O5. The van der Waals surface area contributed by atoms with Gasteiger partial charge < -0.3 is 25.4 Å². The number of hydrogen-bond donors (Lipinski definition) is 3. The first-order valence-corrected chi connectivity index (χ1v) is 11.9. The summed E-state index contributed by atoms with van der Waals surface area (Å²) in [4.78, 5) is 39.4. The van der Waals surface area contributed by atoms with Gasteiger partial charge in [0.15, 0.2) is 0 Å². The van der Waals surface area contributed by atoms with Gasteiger partial charge in [-0.1, -0.05) is 17.7 Å². The fraction of sp³-hybridized carbons (Fsp3) is 0.423. The average molecular weight is 502 g/mol. The van der Waals surface area contributed by atoms with Crippen LogP contribution in [0, 0.1) is 0 Å². The summed E-state index contributed by atoms with van der Waals surface area (Å²) < 4.78 is 5.44. The van der Waals surface area contributed by atoms with Crippen molar-refractivity contribution in [2.45, 2.75) is 58.1 Å². The van der Waals surface area contributed by atoms with E-state index in [4.69, 9.17) is 16.3 Å². The van der Waals surface area contributed by atoms with Crippen molar-refractivity contribution in [1.82, 2.24) is 10.2 Å². The predicted octanol–water partition coefficient (Wildman–Crippen LogP) is 4.75. The van der Waals surface area contributed by atoms with Gasteiger partial charge >= 0.3 is 6.09 Å². The van der Waals surface area contributed by atoms with Crippen LogP contribution in [-0.2, 0) is 16.0 Å². The fourth-order valence-corrected chi connectivity index (χ4v) is 3.99. The van der Waals surface area contributed by atoms with E-state index in [0.717, 1.165) is 0 Å². The lowest BCUT2D eigenvalue weighted by Crippen LogP contribution is -2.54. The van der Waals surface area contributed by atoms with Crippen molar-refractivity contribution in [2.75, 3.05) is 18.4 Å². The normalized spacial score (nSPS) is 15.3. The van der Waals surface area contributed by atoms with E-state index in [1.54, 1.807) is 35.2 Å². The zero-order valence-corrected chi connectivity index (χ0v) is 21.2. The number of amides is 3. The molecule has 2 aromatic carbocycles. The lowest BCUT2D eigenvalue weighted by Gasteiger charge is -2.40. The maximum absolute atomic E-state index is 13.0. The van der Waals surface area contributed by atoms with Crippen LogP contribution in [0.3, 0.4) is 0 Å². The molecule has 35 heavy (non-hydrogen) atoms. The molecule has 0 unspecified atom stereocenters. The minimum Gasteiger partial charge on any atom is -0.508 e. The van der Waals surface area contributed by atoms with E-state index in [9.17, 15) is 19.5 Å². The van der Waals surface area contributed by atoms with E-state index in [2.05, 4.69) is 10.6 Å². The first kappa shape index (κ1) is 26.3. The summed E-state index contributed by atoms with van der Waals surface area (Å²) in [7, 11) is 0. The first-order chi connectivity index (χ1) is 16.3. The van der Waals surface area contributed by atoms with Crippen molar-refractivity contribution in [2.24, 2.45) is 0 Å². The van der Waals surface area contributed by atoms with Crippen molar-refractivity contribution in [3.8, 4) is 5.75 Å². The number of aromatic hydroxyl groups is 1. The van der Waals surface area contributed by atoms with Gasteiger partial charge in [0.1, 0.15) is 11.4 Å². The zero-order valence-electron chi connectivity index (χ0n) is 20.5. The number of carbonyl (C=O) groups is 3. The third-order valence-corrected chi connectivity index (χ3v) is 5.97. The van der Waals surface area contributed by atoms with Gasteiger partial charge in [-0.2, -0.15) is 0 Å². The summed E-state index contributed by atoms with van der Waals surface area (Å²) >= 11 is 5.94. The summed E-state index contributed by atoms with van der Waals surface area (Å²) in [5.74, 6) is -0.618. The molecule has 188 valence electrons. The number of hydrogen-bond acceptors (Lipinski definition) is 5. The van der Waals surface area contributed by atoms with Crippen molar-refractivity contribution in [1.29, 1.82) is 0 Å². The molecule has 1 heterocycles. The number of halogens is 1. The SMILES string of the molecule is CC1(NC(=O)c2cccc(NC(=O)Cc3cc(Cl)ccc3O)c2)CCN(C(=O)OC(C)(C)C)CC1. The Morgan fingerprint density at radius 3 is 2.46 bits per heavy atom. The average Bonchev–Trinajstić information content (AvgIpc) is 2.75. The number of anilines is 1. The van der Waals surface area contributed by atoms with Crippen molar-refractivity contribution >= 4 is 35.2 Å². The number of nitrogens with zero attached hydrogens (tertiary/aromatic N) is 1. The van der Waals surface area contributed by atoms with Gasteiger partial charge in [0, 0.05) is 40.5 Å². The number of likely N-dealkylation sites (tertiary alicyclic amines) is 1. The summed E-state index contributed by atoms with van der Waals surface area (Å²) in [6.45, 7) is 8.42. The van der Waals surface area contributed by atoms with Crippen molar-refractivity contribution in [3.63, 3.8) is 0 Å². The van der Waals surface area contributed by atoms with Crippen LogP contribution in [0.4, 0.5) is 10.5 Å². The highest BCUT2D eigenvalue weighted by atomic mass is 35.5. The van der Waals surface area contributed by atoms with Gasteiger partial charge in [0.25, 0.3) is 5.91 Å². The molecular weight excluding hydrogens is 470 g/mol. The van der Waals surface area contributed by atoms with E-state index in [1.165, 1.54) is 12.1 Å². The molecule has 0 aliphatic carbocycles. The van der Waals surface area contributed by atoms with Crippen LogP contribution in [0.1, 0.15) is 56.5 Å². The number of carbonyl (C=O) groups excluding carboxylic acids is 3. The van der Waals surface area contributed by atoms with E-state index in [1.807, 2.05) is 27.7 Å². The van der Waals surface area contributed by atoms with Gasteiger partial charge in [0.2, 0.25) is 5.91 Å². The van der Waals surface area contributed by atoms with Gasteiger partial charge in [-0.25, -0.2) is 4.79 Å². The number of phenols is 1. The van der Waals surface area contributed by atoms with E-state index in [-0.39, 0.29) is 30.1 Å². The molecule has 1 saturated heterocycles. The monoisotopic (exact) mass is 501 g/mol. The molecule has 3 rings (SSSR count). The molecule has 3 amide bonds. The predicted molar refractivity (Wildman–Crippen MR) is 135 cm³/mol.